The van der Waals surface area contributed by atoms with E-state index in [0.29, 0.717) is 12.5 Å². The van der Waals surface area contributed by atoms with Crippen molar-refractivity contribution in [2.45, 2.75) is 26.4 Å². The number of rotatable bonds is 5. The van der Waals surface area contributed by atoms with Crippen LogP contribution in [0.3, 0.4) is 0 Å². The number of hydrogen-bond donors (Lipinski definition) is 2. The fourth-order valence-electron chi connectivity index (χ4n) is 2.45. The third kappa shape index (κ3) is 3.01. The molecule has 2 aromatic heterocycles. The zero-order valence-electron chi connectivity index (χ0n) is 13.4. The molecule has 3 rings (SSSR count). The van der Waals surface area contributed by atoms with Crippen molar-refractivity contribution >= 4 is 28.8 Å². The number of carbonyl (C=O) groups is 2. The van der Waals surface area contributed by atoms with Gasteiger partial charge in [0, 0.05) is 6.54 Å². The molecule has 0 aliphatic heterocycles. The highest BCUT2D eigenvalue weighted by Crippen LogP contribution is 2.19. The number of amides is 2. The summed E-state index contributed by atoms with van der Waals surface area (Å²) in [7, 11) is 0. The lowest BCUT2D eigenvalue weighted by molar-refractivity contribution is -0.117. The van der Waals surface area contributed by atoms with Crippen LogP contribution in [0.1, 0.15) is 24.4 Å². The second-order valence-electron chi connectivity index (χ2n) is 5.33. The van der Waals surface area contributed by atoms with Gasteiger partial charge in [-0.15, -0.1) is 0 Å². The predicted molar refractivity (Wildman–Crippen MR) is 89.7 cm³/mol. The number of carbonyl (C=O) groups excluding carboxylic acids is 2. The van der Waals surface area contributed by atoms with Gasteiger partial charge < -0.3 is 14.3 Å². The number of nitrogens with one attached hydrogen (secondary N) is 2. The molecule has 1 aromatic carbocycles. The van der Waals surface area contributed by atoms with Crippen LogP contribution < -0.4 is 10.6 Å². The molecule has 7 heteroatoms. The molecule has 7 nitrogen and oxygen atoms in total. The Morgan fingerprint density at radius 3 is 2.75 bits per heavy atom. The number of fused-ring (bicyclic) bond motifs is 1. The summed E-state index contributed by atoms with van der Waals surface area (Å²) >= 11 is 0. The highest BCUT2D eigenvalue weighted by molar-refractivity contribution is 5.99. The lowest BCUT2D eigenvalue weighted by Gasteiger charge is -2.13. The van der Waals surface area contributed by atoms with Crippen molar-refractivity contribution in [2.24, 2.45) is 0 Å². The molecule has 0 aliphatic carbocycles. The normalized spacial score (nSPS) is 12.1. The average molecular weight is 326 g/mol. The first-order valence-corrected chi connectivity index (χ1v) is 7.70. The number of anilines is 1. The Labute approximate surface area is 138 Å². The van der Waals surface area contributed by atoms with E-state index in [1.807, 2.05) is 35.8 Å². The van der Waals surface area contributed by atoms with Gasteiger partial charge in [-0.05, 0) is 38.1 Å². The number of para-hydroxylation sites is 2. The van der Waals surface area contributed by atoms with Crippen molar-refractivity contribution in [2.75, 3.05) is 5.32 Å². The summed E-state index contributed by atoms with van der Waals surface area (Å²) in [6, 6.07) is 10.1. The van der Waals surface area contributed by atoms with Crippen LogP contribution in [0.5, 0.6) is 0 Å². The second-order valence-corrected chi connectivity index (χ2v) is 5.33. The van der Waals surface area contributed by atoms with Crippen molar-refractivity contribution in [3.05, 3.63) is 48.4 Å². The molecule has 24 heavy (non-hydrogen) atoms. The molecule has 1 atom stereocenters. The number of imidazole rings is 1. The van der Waals surface area contributed by atoms with Gasteiger partial charge in [-0.1, -0.05) is 12.1 Å². The molecular formula is C17H18N4O3. The lowest BCUT2D eigenvalue weighted by atomic mass is 10.3. The molecule has 0 saturated carbocycles. The summed E-state index contributed by atoms with van der Waals surface area (Å²) < 4.78 is 6.92. The van der Waals surface area contributed by atoms with Crippen LogP contribution >= 0.6 is 0 Å². The maximum atomic E-state index is 12.4. The topological polar surface area (TPSA) is 89.2 Å². The number of aromatic nitrogens is 2. The minimum atomic E-state index is -0.729. The maximum Gasteiger partial charge on any atom is 0.287 e. The van der Waals surface area contributed by atoms with E-state index in [-0.39, 0.29) is 11.7 Å². The first kappa shape index (κ1) is 15.8. The van der Waals surface area contributed by atoms with Crippen molar-refractivity contribution in [3.8, 4) is 0 Å². The quantitative estimate of drug-likeness (QED) is 0.753. The molecule has 2 amide bonds. The Bertz CT molecular complexity index is 867. The predicted octanol–water partition coefficient (Wildman–Crippen LogP) is 2.41. The molecule has 0 bridgehead atoms. The minimum Gasteiger partial charge on any atom is -0.459 e. The molecule has 2 N–H and O–H groups in total. The maximum absolute atomic E-state index is 12.4. The molecule has 0 fully saturated rings. The van der Waals surface area contributed by atoms with Gasteiger partial charge in [-0.3, -0.25) is 14.9 Å². The summed E-state index contributed by atoms with van der Waals surface area (Å²) in [5, 5.41) is 5.36. The second kappa shape index (κ2) is 6.57. The van der Waals surface area contributed by atoms with Crippen LogP contribution in [0.15, 0.2) is 47.1 Å². The van der Waals surface area contributed by atoms with E-state index in [1.165, 1.54) is 12.3 Å². The molecule has 0 saturated heterocycles. The van der Waals surface area contributed by atoms with Gasteiger partial charge >= 0.3 is 0 Å². The molecule has 1 unspecified atom stereocenters. The van der Waals surface area contributed by atoms with Crippen LogP contribution in [0.25, 0.3) is 11.0 Å². The van der Waals surface area contributed by atoms with Gasteiger partial charge in [0.25, 0.3) is 5.91 Å². The van der Waals surface area contributed by atoms with Crippen LogP contribution in [-0.4, -0.2) is 27.4 Å². The zero-order valence-corrected chi connectivity index (χ0v) is 13.4. The number of furan rings is 1. The molecule has 0 spiro atoms. The van der Waals surface area contributed by atoms with Crippen molar-refractivity contribution in [1.82, 2.24) is 14.9 Å². The molecule has 0 radical (unpaired) electrons. The van der Waals surface area contributed by atoms with Crippen LogP contribution in [-0.2, 0) is 11.3 Å². The van der Waals surface area contributed by atoms with Crippen LogP contribution in [0.2, 0.25) is 0 Å². The van der Waals surface area contributed by atoms with Crippen molar-refractivity contribution in [1.29, 1.82) is 0 Å². The molecule has 124 valence electrons. The third-order valence-electron chi connectivity index (χ3n) is 3.69. The van der Waals surface area contributed by atoms with Crippen molar-refractivity contribution < 1.29 is 14.0 Å². The minimum absolute atomic E-state index is 0.162. The fraction of sp³-hybridized carbons (Fsp3) is 0.235. The Morgan fingerprint density at radius 1 is 1.25 bits per heavy atom. The Morgan fingerprint density at radius 2 is 2.04 bits per heavy atom. The smallest absolute Gasteiger partial charge is 0.287 e. The van der Waals surface area contributed by atoms with Crippen LogP contribution in [0.4, 0.5) is 5.95 Å². The van der Waals surface area contributed by atoms with Crippen molar-refractivity contribution in [3.63, 3.8) is 0 Å². The van der Waals surface area contributed by atoms with Gasteiger partial charge in [0.05, 0.1) is 17.3 Å². The highest BCUT2D eigenvalue weighted by Gasteiger charge is 2.20. The van der Waals surface area contributed by atoms with E-state index in [2.05, 4.69) is 15.6 Å². The van der Waals surface area contributed by atoms with Crippen LogP contribution in [0, 0.1) is 0 Å². The lowest BCUT2D eigenvalue weighted by Crippen LogP contribution is -2.41. The summed E-state index contributed by atoms with van der Waals surface area (Å²) in [4.78, 5) is 28.7. The highest BCUT2D eigenvalue weighted by atomic mass is 16.3. The van der Waals surface area contributed by atoms with E-state index >= 15 is 0 Å². The largest absolute Gasteiger partial charge is 0.459 e. The monoisotopic (exact) mass is 326 g/mol. The van der Waals surface area contributed by atoms with E-state index in [4.69, 9.17) is 4.42 Å². The molecule has 3 aromatic rings. The first-order chi connectivity index (χ1) is 11.6. The summed E-state index contributed by atoms with van der Waals surface area (Å²) in [6.45, 7) is 4.25. The molecule has 2 heterocycles. The number of nitrogens with zero attached hydrogens (tertiary/aromatic N) is 2. The summed E-state index contributed by atoms with van der Waals surface area (Å²) in [5.74, 6) is -0.162. The number of hydrogen-bond acceptors (Lipinski definition) is 4. The van der Waals surface area contributed by atoms with E-state index in [0.717, 1.165) is 11.0 Å². The Kier molecular flexibility index (Phi) is 4.33. The fourth-order valence-corrected chi connectivity index (χ4v) is 2.45. The van der Waals surface area contributed by atoms with Gasteiger partial charge in [0.1, 0.15) is 6.04 Å². The van der Waals surface area contributed by atoms with E-state index < -0.39 is 11.9 Å². The summed E-state index contributed by atoms with van der Waals surface area (Å²) in [6.07, 6.45) is 1.41. The zero-order chi connectivity index (χ0) is 17.1. The van der Waals surface area contributed by atoms with Gasteiger partial charge in [-0.25, -0.2) is 4.98 Å². The third-order valence-corrected chi connectivity index (χ3v) is 3.69. The van der Waals surface area contributed by atoms with E-state index in [9.17, 15) is 9.59 Å². The Hall–Kier alpha value is -3.09. The number of aryl methyl sites for hydroxylation is 1. The summed E-state index contributed by atoms with van der Waals surface area (Å²) in [5.41, 5.74) is 1.75. The van der Waals surface area contributed by atoms with Gasteiger partial charge in [0.15, 0.2) is 5.76 Å². The Balaban J connectivity index is 1.73. The van der Waals surface area contributed by atoms with E-state index in [1.54, 1.807) is 13.0 Å². The van der Waals surface area contributed by atoms with Gasteiger partial charge in [0.2, 0.25) is 11.9 Å². The molecular weight excluding hydrogens is 308 g/mol. The molecule has 0 aliphatic rings. The number of benzene rings is 1. The first-order valence-electron chi connectivity index (χ1n) is 7.70. The SMILES string of the molecule is CCn1c(NC(=O)C(C)NC(=O)c2ccco2)nc2ccccc21. The van der Waals surface area contributed by atoms with Gasteiger partial charge in [-0.2, -0.15) is 0 Å². The standard InChI is InChI=1S/C17H18N4O3/c1-3-21-13-8-5-4-7-12(13)19-17(21)20-15(22)11(2)18-16(23)14-9-6-10-24-14/h4-11H,3H2,1-2H3,(H,18,23)(H,19,20,22). The average Bonchev–Trinajstić information content (AvgIpc) is 3.22.